The summed E-state index contributed by atoms with van der Waals surface area (Å²) < 4.78 is 5.67. The number of amides is 1. The highest BCUT2D eigenvalue weighted by atomic mass is 32.1. The Hall–Kier alpha value is -1.69. The van der Waals surface area contributed by atoms with Crippen LogP contribution in [0.1, 0.15) is 16.1 Å². The first-order valence-corrected chi connectivity index (χ1v) is 5.22. The largest absolute Gasteiger partial charge is 0.305 e. The van der Waals surface area contributed by atoms with E-state index in [1.807, 2.05) is 6.92 Å². The Bertz CT molecular complexity index is 488. The molecule has 1 amide bonds. The molecule has 0 atom stereocenters. The van der Waals surface area contributed by atoms with Crippen molar-refractivity contribution in [3.05, 3.63) is 28.9 Å². The SMILES string of the molecule is Cc1nscc1C(=O)Nc1ccn(C)n1. The molecule has 0 aliphatic heterocycles. The Labute approximate surface area is 90.9 Å². The van der Waals surface area contributed by atoms with Crippen molar-refractivity contribution in [1.29, 1.82) is 0 Å². The van der Waals surface area contributed by atoms with Crippen molar-refractivity contribution in [2.75, 3.05) is 5.32 Å². The zero-order chi connectivity index (χ0) is 10.8. The van der Waals surface area contributed by atoms with Crippen LogP contribution in [0.3, 0.4) is 0 Å². The molecule has 2 aromatic heterocycles. The van der Waals surface area contributed by atoms with Gasteiger partial charge in [0.25, 0.3) is 5.91 Å². The minimum Gasteiger partial charge on any atom is -0.305 e. The number of carbonyl (C=O) groups excluding carboxylic acids is 1. The van der Waals surface area contributed by atoms with E-state index in [1.165, 1.54) is 11.5 Å². The molecule has 0 unspecified atom stereocenters. The Balaban J connectivity index is 2.14. The fourth-order valence-corrected chi connectivity index (χ4v) is 1.87. The molecule has 0 saturated heterocycles. The number of nitrogens with one attached hydrogen (secondary N) is 1. The molecule has 5 nitrogen and oxygen atoms in total. The maximum atomic E-state index is 11.7. The summed E-state index contributed by atoms with van der Waals surface area (Å²) in [5, 5.41) is 8.49. The summed E-state index contributed by atoms with van der Waals surface area (Å²) >= 11 is 1.27. The van der Waals surface area contributed by atoms with Crippen LogP contribution in [0.15, 0.2) is 17.6 Å². The van der Waals surface area contributed by atoms with Crippen molar-refractivity contribution in [3.8, 4) is 0 Å². The Morgan fingerprint density at radius 3 is 2.93 bits per heavy atom. The van der Waals surface area contributed by atoms with E-state index < -0.39 is 0 Å². The fraction of sp³-hybridized carbons (Fsp3) is 0.222. The predicted octanol–water partition coefficient (Wildman–Crippen LogP) is 1.44. The highest BCUT2D eigenvalue weighted by Crippen LogP contribution is 2.11. The van der Waals surface area contributed by atoms with E-state index in [-0.39, 0.29) is 5.91 Å². The standard InChI is InChI=1S/C9H10N4OS/c1-6-7(5-15-12-6)9(14)10-8-3-4-13(2)11-8/h3-5H,1-2H3,(H,10,11,14). The van der Waals surface area contributed by atoms with E-state index in [9.17, 15) is 4.79 Å². The van der Waals surface area contributed by atoms with Gasteiger partial charge < -0.3 is 5.32 Å². The zero-order valence-electron chi connectivity index (χ0n) is 8.39. The Kier molecular flexibility index (Phi) is 2.51. The van der Waals surface area contributed by atoms with Crippen molar-refractivity contribution in [2.45, 2.75) is 6.92 Å². The topological polar surface area (TPSA) is 59.8 Å². The first-order chi connectivity index (χ1) is 7.16. The van der Waals surface area contributed by atoms with Crippen molar-refractivity contribution >= 4 is 23.3 Å². The highest BCUT2D eigenvalue weighted by molar-refractivity contribution is 7.04. The van der Waals surface area contributed by atoms with Crippen LogP contribution in [0.2, 0.25) is 0 Å². The van der Waals surface area contributed by atoms with Crippen LogP contribution in [0.25, 0.3) is 0 Å². The minimum absolute atomic E-state index is 0.167. The molecule has 2 heterocycles. The first-order valence-electron chi connectivity index (χ1n) is 4.39. The van der Waals surface area contributed by atoms with Gasteiger partial charge in [0, 0.05) is 24.7 Å². The summed E-state index contributed by atoms with van der Waals surface area (Å²) in [6, 6.07) is 1.74. The molecule has 0 aromatic carbocycles. The van der Waals surface area contributed by atoms with Crippen LogP contribution in [-0.2, 0) is 7.05 Å². The second-order valence-corrected chi connectivity index (χ2v) is 3.77. The molecule has 0 aliphatic rings. The van der Waals surface area contributed by atoms with Gasteiger partial charge in [-0.05, 0) is 18.5 Å². The van der Waals surface area contributed by atoms with Crippen LogP contribution in [0.4, 0.5) is 5.82 Å². The molecule has 78 valence electrons. The third-order valence-corrected chi connectivity index (χ3v) is 2.67. The minimum atomic E-state index is -0.167. The lowest BCUT2D eigenvalue weighted by molar-refractivity contribution is 0.102. The van der Waals surface area contributed by atoms with Gasteiger partial charge in [-0.2, -0.15) is 9.47 Å². The molecule has 1 N–H and O–H groups in total. The number of rotatable bonds is 2. The van der Waals surface area contributed by atoms with Gasteiger partial charge in [0.15, 0.2) is 5.82 Å². The second kappa shape index (κ2) is 3.82. The maximum Gasteiger partial charge on any atom is 0.259 e. The number of carbonyl (C=O) groups is 1. The third-order valence-electron chi connectivity index (χ3n) is 1.95. The van der Waals surface area contributed by atoms with Crippen molar-refractivity contribution < 1.29 is 4.79 Å². The number of anilines is 1. The number of aryl methyl sites for hydroxylation is 2. The normalized spacial score (nSPS) is 10.3. The van der Waals surface area contributed by atoms with E-state index >= 15 is 0 Å². The van der Waals surface area contributed by atoms with Crippen molar-refractivity contribution in [1.82, 2.24) is 14.2 Å². The summed E-state index contributed by atoms with van der Waals surface area (Å²) in [6.07, 6.45) is 1.77. The van der Waals surface area contributed by atoms with Crippen LogP contribution >= 0.6 is 11.5 Å². The van der Waals surface area contributed by atoms with Gasteiger partial charge in [0.1, 0.15) is 0 Å². The molecule has 0 fully saturated rings. The molecule has 15 heavy (non-hydrogen) atoms. The van der Waals surface area contributed by atoms with Crippen LogP contribution in [0, 0.1) is 6.92 Å². The molecule has 0 radical (unpaired) electrons. The quantitative estimate of drug-likeness (QED) is 0.836. The van der Waals surface area contributed by atoms with Crippen molar-refractivity contribution in [2.24, 2.45) is 7.05 Å². The molecular formula is C9H10N4OS. The van der Waals surface area contributed by atoms with Gasteiger partial charge in [-0.3, -0.25) is 9.48 Å². The average Bonchev–Trinajstić information content (AvgIpc) is 2.75. The monoisotopic (exact) mass is 222 g/mol. The molecule has 0 spiro atoms. The van der Waals surface area contributed by atoms with E-state index in [0.29, 0.717) is 11.4 Å². The summed E-state index contributed by atoms with van der Waals surface area (Å²) in [6.45, 7) is 1.81. The fourth-order valence-electron chi connectivity index (χ4n) is 1.18. The third kappa shape index (κ3) is 2.04. The smallest absolute Gasteiger partial charge is 0.259 e. The van der Waals surface area contributed by atoms with Gasteiger partial charge in [-0.1, -0.05) is 0 Å². The molecule has 0 aliphatic carbocycles. The van der Waals surface area contributed by atoms with Crippen LogP contribution in [0.5, 0.6) is 0 Å². The lowest BCUT2D eigenvalue weighted by Crippen LogP contribution is -2.12. The molecule has 6 heteroatoms. The van der Waals surface area contributed by atoms with Crippen molar-refractivity contribution in [3.63, 3.8) is 0 Å². The summed E-state index contributed by atoms with van der Waals surface area (Å²) in [4.78, 5) is 11.7. The van der Waals surface area contributed by atoms with Gasteiger partial charge in [-0.25, -0.2) is 0 Å². The Morgan fingerprint density at radius 2 is 2.40 bits per heavy atom. The number of hydrogen-bond acceptors (Lipinski definition) is 4. The van der Waals surface area contributed by atoms with Gasteiger partial charge in [-0.15, -0.1) is 0 Å². The number of hydrogen-bond donors (Lipinski definition) is 1. The van der Waals surface area contributed by atoms with Crippen LogP contribution in [-0.4, -0.2) is 20.1 Å². The lowest BCUT2D eigenvalue weighted by Gasteiger charge is -1.99. The molecule has 2 rings (SSSR count). The molecule has 0 saturated carbocycles. The molecule has 0 bridgehead atoms. The van der Waals surface area contributed by atoms with Gasteiger partial charge >= 0.3 is 0 Å². The number of nitrogens with zero attached hydrogens (tertiary/aromatic N) is 3. The summed E-state index contributed by atoms with van der Waals surface area (Å²) in [5.74, 6) is 0.382. The first kappa shape index (κ1) is 9.85. The number of aromatic nitrogens is 3. The molecule has 2 aromatic rings. The van der Waals surface area contributed by atoms with Crippen LogP contribution < -0.4 is 5.32 Å². The van der Waals surface area contributed by atoms with E-state index in [4.69, 9.17) is 0 Å². The van der Waals surface area contributed by atoms with Gasteiger partial charge in [0.2, 0.25) is 0 Å². The van der Waals surface area contributed by atoms with E-state index in [0.717, 1.165) is 5.69 Å². The Morgan fingerprint density at radius 1 is 1.60 bits per heavy atom. The zero-order valence-corrected chi connectivity index (χ0v) is 9.21. The highest BCUT2D eigenvalue weighted by Gasteiger charge is 2.11. The summed E-state index contributed by atoms with van der Waals surface area (Å²) in [5.41, 5.74) is 1.35. The second-order valence-electron chi connectivity index (χ2n) is 3.14. The predicted molar refractivity (Wildman–Crippen MR) is 58.0 cm³/mol. The van der Waals surface area contributed by atoms with Gasteiger partial charge in [0.05, 0.1) is 11.3 Å². The average molecular weight is 222 g/mol. The molecular weight excluding hydrogens is 212 g/mol. The summed E-state index contributed by atoms with van der Waals surface area (Å²) in [7, 11) is 1.80. The maximum absolute atomic E-state index is 11.7. The van der Waals surface area contributed by atoms with E-state index in [2.05, 4.69) is 14.8 Å². The van der Waals surface area contributed by atoms with E-state index in [1.54, 1.807) is 29.4 Å². The lowest BCUT2D eigenvalue weighted by atomic mass is 10.2.